The van der Waals surface area contributed by atoms with Gasteiger partial charge < -0.3 is 15.4 Å². The Morgan fingerprint density at radius 3 is 2.68 bits per heavy atom. The van der Waals surface area contributed by atoms with Crippen LogP contribution in [0, 0.1) is 0 Å². The van der Waals surface area contributed by atoms with Gasteiger partial charge in [0.05, 0.1) is 28.5 Å². The molecule has 3 aromatic heterocycles. The van der Waals surface area contributed by atoms with Gasteiger partial charge in [-0.2, -0.15) is 0 Å². The lowest BCUT2D eigenvalue weighted by Crippen LogP contribution is -2.29. The first-order valence-electron chi connectivity index (χ1n) is 9.91. The van der Waals surface area contributed by atoms with Crippen LogP contribution in [0.4, 0.5) is 0 Å². The van der Waals surface area contributed by atoms with Crippen LogP contribution in [0.2, 0.25) is 0 Å². The highest BCUT2D eigenvalue weighted by molar-refractivity contribution is 5.84. The highest BCUT2D eigenvalue weighted by Crippen LogP contribution is 2.33. The minimum atomic E-state index is -0.855. The Morgan fingerprint density at radius 1 is 1.14 bits per heavy atom. The van der Waals surface area contributed by atoms with Gasteiger partial charge in [0.2, 0.25) is 0 Å². The molecular weight excluding hydrogens is 350 g/mol. The molecule has 5 rings (SSSR count). The molecule has 0 bridgehead atoms. The van der Waals surface area contributed by atoms with Crippen LogP contribution in [0.25, 0.3) is 27.9 Å². The van der Waals surface area contributed by atoms with Gasteiger partial charge in [0.1, 0.15) is 5.82 Å². The van der Waals surface area contributed by atoms with Gasteiger partial charge in [-0.05, 0) is 44.9 Å². The van der Waals surface area contributed by atoms with Crippen LogP contribution in [0.3, 0.4) is 0 Å². The fourth-order valence-electron chi connectivity index (χ4n) is 4.18. The van der Waals surface area contributed by atoms with Gasteiger partial charge >= 0.3 is 0 Å². The van der Waals surface area contributed by atoms with Crippen molar-refractivity contribution < 1.29 is 5.11 Å². The number of nitrogens with one attached hydrogen (secondary N) is 2. The van der Waals surface area contributed by atoms with E-state index in [9.17, 15) is 5.11 Å². The fraction of sp³-hybridized carbons (Fsp3) is 0.364. The van der Waals surface area contributed by atoms with Crippen LogP contribution in [-0.4, -0.2) is 37.5 Å². The van der Waals surface area contributed by atoms with E-state index in [1.165, 1.54) is 0 Å². The first-order chi connectivity index (χ1) is 13.5. The topological polar surface area (TPSA) is 78.2 Å². The average molecular weight is 375 g/mol. The molecule has 4 aromatic rings. The summed E-state index contributed by atoms with van der Waals surface area (Å²) in [6.45, 7) is 5.63. The molecule has 1 aliphatic heterocycles. The van der Waals surface area contributed by atoms with Gasteiger partial charge in [0, 0.05) is 24.2 Å². The van der Waals surface area contributed by atoms with Crippen LogP contribution in [0.15, 0.2) is 42.7 Å². The Morgan fingerprint density at radius 2 is 1.96 bits per heavy atom. The average Bonchev–Trinajstić information content (AvgIpc) is 3.32. The Labute approximate surface area is 163 Å². The van der Waals surface area contributed by atoms with Crippen molar-refractivity contribution in [3.05, 3.63) is 54.1 Å². The molecule has 0 saturated carbocycles. The van der Waals surface area contributed by atoms with Crippen molar-refractivity contribution in [2.75, 3.05) is 13.1 Å². The zero-order valence-electron chi connectivity index (χ0n) is 16.2. The molecule has 1 unspecified atom stereocenters. The minimum Gasteiger partial charge on any atom is -0.386 e. The molecule has 0 aliphatic carbocycles. The molecule has 6 heteroatoms. The van der Waals surface area contributed by atoms with E-state index in [1.54, 1.807) is 13.8 Å². The van der Waals surface area contributed by atoms with Gasteiger partial charge in [0.15, 0.2) is 5.65 Å². The van der Waals surface area contributed by atoms with Gasteiger partial charge in [-0.15, -0.1) is 0 Å². The van der Waals surface area contributed by atoms with Crippen LogP contribution >= 0.6 is 0 Å². The number of aromatic nitrogens is 4. The summed E-state index contributed by atoms with van der Waals surface area (Å²) in [4.78, 5) is 12.9. The van der Waals surface area contributed by atoms with Crippen LogP contribution in [0.5, 0.6) is 0 Å². The molecule has 0 amide bonds. The number of piperidine rings is 1. The van der Waals surface area contributed by atoms with Crippen molar-refractivity contribution >= 4 is 16.7 Å². The lowest BCUT2D eigenvalue weighted by Gasteiger charge is -2.21. The molecule has 1 aromatic carbocycles. The number of fused-ring (bicyclic) bond motifs is 3. The molecule has 0 spiro atoms. The quantitative estimate of drug-likeness (QED) is 0.511. The van der Waals surface area contributed by atoms with E-state index in [1.807, 2.05) is 36.7 Å². The summed E-state index contributed by atoms with van der Waals surface area (Å²) in [7, 11) is 0. The number of hydrogen-bond acceptors (Lipinski definition) is 4. The number of hydrogen-bond donors (Lipinski definition) is 3. The highest BCUT2D eigenvalue weighted by Gasteiger charge is 2.24. The second-order valence-corrected chi connectivity index (χ2v) is 8.19. The van der Waals surface area contributed by atoms with Crippen molar-refractivity contribution in [1.29, 1.82) is 0 Å². The molecule has 28 heavy (non-hydrogen) atoms. The van der Waals surface area contributed by atoms with Crippen LogP contribution in [-0.2, 0) is 5.60 Å². The number of aliphatic hydroxyl groups is 1. The SMILES string of the molecule is CC(C)(O)c1ccc(-c2nc(C3CCCNC3)n3c2cnc2[nH]ccc23)cc1. The van der Waals surface area contributed by atoms with Crippen molar-refractivity contribution in [1.82, 2.24) is 24.7 Å². The number of H-pyrrole nitrogens is 1. The zero-order valence-corrected chi connectivity index (χ0v) is 16.2. The summed E-state index contributed by atoms with van der Waals surface area (Å²) in [5.41, 5.74) is 4.97. The van der Waals surface area contributed by atoms with Gasteiger partial charge in [-0.1, -0.05) is 24.3 Å². The van der Waals surface area contributed by atoms with Gasteiger partial charge in [-0.25, -0.2) is 9.97 Å². The summed E-state index contributed by atoms with van der Waals surface area (Å²) in [6, 6.07) is 10.1. The molecule has 6 nitrogen and oxygen atoms in total. The van der Waals surface area contributed by atoms with Crippen LogP contribution in [0.1, 0.15) is 44.0 Å². The molecule has 4 heterocycles. The van der Waals surface area contributed by atoms with E-state index >= 15 is 0 Å². The molecule has 1 aliphatic rings. The summed E-state index contributed by atoms with van der Waals surface area (Å²) in [5, 5.41) is 13.8. The molecular formula is C22H25N5O. The minimum absolute atomic E-state index is 0.381. The molecule has 0 radical (unpaired) electrons. The van der Waals surface area contributed by atoms with E-state index in [2.05, 4.69) is 25.8 Å². The third-order valence-electron chi connectivity index (χ3n) is 5.73. The van der Waals surface area contributed by atoms with Crippen molar-refractivity contribution in [2.24, 2.45) is 0 Å². The first-order valence-corrected chi connectivity index (χ1v) is 9.91. The molecule has 1 saturated heterocycles. The normalized spacial score (nSPS) is 18.2. The molecule has 3 N–H and O–H groups in total. The van der Waals surface area contributed by atoms with E-state index < -0.39 is 5.60 Å². The number of imidazole rings is 1. The van der Waals surface area contributed by atoms with E-state index in [0.717, 1.165) is 65.3 Å². The van der Waals surface area contributed by atoms with E-state index in [4.69, 9.17) is 4.98 Å². The first kappa shape index (κ1) is 17.4. The third-order valence-corrected chi connectivity index (χ3v) is 5.73. The second kappa shape index (κ2) is 6.43. The monoisotopic (exact) mass is 375 g/mol. The van der Waals surface area contributed by atoms with Gasteiger partial charge in [0.25, 0.3) is 0 Å². The van der Waals surface area contributed by atoms with E-state index in [0.29, 0.717) is 5.92 Å². The third kappa shape index (κ3) is 2.80. The maximum Gasteiger partial charge on any atom is 0.154 e. The predicted molar refractivity (Wildman–Crippen MR) is 110 cm³/mol. The Bertz CT molecular complexity index is 1130. The molecule has 1 atom stereocenters. The zero-order chi connectivity index (χ0) is 19.3. The lowest BCUT2D eigenvalue weighted by atomic mass is 9.96. The Hall–Kier alpha value is -2.70. The number of nitrogens with zero attached hydrogens (tertiary/aromatic N) is 3. The largest absolute Gasteiger partial charge is 0.386 e. The predicted octanol–water partition coefficient (Wildman–Crippen LogP) is 3.57. The smallest absolute Gasteiger partial charge is 0.154 e. The second-order valence-electron chi connectivity index (χ2n) is 8.19. The number of aromatic amines is 1. The number of benzene rings is 1. The van der Waals surface area contributed by atoms with Crippen molar-refractivity contribution in [3.8, 4) is 11.3 Å². The highest BCUT2D eigenvalue weighted by atomic mass is 16.3. The molecule has 144 valence electrons. The Balaban J connectivity index is 1.71. The molecule has 1 fully saturated rings. The van der Waals surface area contributed by atoms with Crippen molar-refractivity contribution in [2.45, 2.75) is 38.2 Å². The number of rotatable bonds is 3. The maximum absolute atomic E-state index is 10.3. The Kier molecular flexibility index (Phi) is 4.00. The summed E-state index contributed by atoms with van der Waals surface area (Å²) < 4.78 is 2.26. The summed E-state index contributed by atoms with van der Waals surface area (Å²) in [5.74, 6) is 1.47. The van der Waals surface area contributed by atoms with Crippen LogP contribution < -0.4 is 5.32 Å². The lowest BCUT2D eigenvalue weighted by molar-refractivity contribution is 0.0786. The van der Waals surface area contributed by atoms with Gasteiger partial charge in [-0.3, -0.25) is 4.40 Å². The fourth-order valence-corrected chi connectivity index (χ4v) is 4.18. The maximum atomic E-state index is 10.3. The van der Waals surface area contributed by atoms with Crippen molar-refractivity contribution in [3.63, 3.8) is 0 Å². The summed E-state index contributed by atoms with van der Waals surface area (Å²) in [6.07, 6.45) is 6.14. The standard InChI is InChI=1S/C22H25N5O/c1-22(2,28)16-7-5-14(6-8-16)19-18-13-25-20-17(9-11-24-20)27(18)21(26-19)15-4-3-10-23-12-15/h5-9,11,13,15,23-24,28H,3-4,10,12H2,1-2H3. The summed E-state index contributed by atoms with van der Waals surface area (Å²) >= 11 is 0. The van der Waals surface area contributed by atoms with E-state index in [-0.39, 0.29) is 0 Å².